The van der Waals surface area contributed by atoms with Crippen LogP contribution in [-0.2, 0) is 6.54 Å². The Morgan fingerprint density at radius 1 is 1.25 bits per heavy atom. The average molecular weight is 215 g/mol. The van der Waals surface area contributed by atoms with Gasteiger partial charge in [-0.1, -0.05) is 6.07 Å². The highest BCUT2D eigenvalue weighted by Gasteiger charge is 2.06. The Kier molecular flexibility index (Phi) is 3.12. The molecule has 16 heavy (non-hydrogen) atoms. The van der Waals surface area contributed by atoms with Crippen LogP contribution in [0, 0.1) is 0 Å². The molecule has 2 rings (SSSR count). The molecule has 0 unspecified atom stereocenters. The van der Waals surface area contributed by atoms with Crippen molar-refractivity contribution in [2.45, 2.75) is 6.54 Å². The first-order chi connectivity index (χ1) is 7.85. The molecule has 0 aliphatic carbocycles. The van der Waals surface area contributed by atoms with E-state index in [9.17, 15) is 0 Å². The van der Waals surface area contributed by atoms with Crippen molar-refractivity contribution in [1.82, 2.24) is 9.97 Å². The molecule has 4 heteroatoms. The van der Waals surface area contributed by atoms with Crippen molar-refractivity contribution in [3.63, 3.8) is 0 Å². The average Bonchev–Trinajstić information content (AvgIpc) is 2.39. The van der Waals surface area contributed by atoms with Gasteiger partial charge in [-0.15, -0.1) is 0 Å². The summed E-state index contributed by atoms with van der Waals surface area (Å²) in [5, 5.41) is 0. The molecule has 0 fully saturated rings. The summed E-state index contributed by atoms with van der Waals surface area (Å²) in [6.07, 6.45) is 5.01. The number of nitrogens with zero attached hydrogens (tertiary/aromatic N) is 2. The van der Waals surface area contributed by atoms with Gasteiger partial charge < -0.3 is 10.5 Å². The lowest BCUT2D eigenvalue weighted by Crippen LogP contribution is -1.97. The van der Waals surface area contributed by atoms with Crippen LogP contribution in [0.5, 0.6) is 5.75 Å². The van der Waals surface area contributed by atoms with Crippen LogP contribution in [-0.4, -0.2) is 17.1 Å². The predicted octanol–water partition coefficient (Wildman–Crippen LogP) is 1.61. The minimum absolute atomic E-state index is 0.505. The molecule has 0 atom stereocenters. The van der Waals surface area contributed by atoms with E-state index in [1.165, 1.54) is 6.33 Å². The molecule has 0 spiro atoms. The quantitative estimate of drug-likeness (QED) is 0.845. The lowest BCUT2D eigenvalue weighted by molar-refractivity contribution is 0.416. The fraction of sp³-hybridized carbons (Fsp3) is 0.167. The third-order valence-corrected chi connectivity index (χ3v) is 2.37. The van der Waals surface area contributed by atoms with Crippen LogP contribution in [0.4, 0.5) is 0 Å². The van der Waals surface area contributed by atoms with Crippen molar-refractivity contribution in [3.05, 3.63) is 42.5 Å². The van der Waals surface area contributed by atoms with Crippen molar-refractivity contribution in [2.24, 2.45) is 5.73 Å². The first-order valence-electron chi connectivity index (χ1n) is 4.97. The maximum Gasteiger partial charge on any atom is 0.126 e. The molecule has 4 nitrogen and oxygen atoms in total. The third kappa shape index (κ3) is 2.01. The van der Waals surface area contributed by atoms with E-state index >= 15 is 0 Å². The number of benzene rings is 1. The van der Waals surface area contributed by atoms with E-state index < -0.39 is 0 Å². The minimum atomic E-state index is 0.505. The Bertz CT molecular complexity index is 471. The number of aromatic nitrogens is 2. The summed E-state index contributed by atoms with van der Waals surface area (Å²) in [6, 6.07) is 5.86. The van der Waals surface area contributed by atoms with Gasteiger partial charge in [0.1, 0.15) is 12.1 Å². The van der Waals surface area contributed by atoms with Gasteiger partial charge in [-0.3, -0.25) is 0 Å². The fourth-order valence-corrected chi connectivity index (χ4v) is 1.55. The molecular weight excluding hydrogens is 202 g/mol. The molecule has 1 aromatic carbocycles. The second-order valence-corrected chi connectivity index (χ2v) is 3.37. The van der Waals surface area contributed by atoms with E-state index in [0.29, 0.717) is 6.54 Å². The van der Waals surface area contributed by atoms with Gasteiger partial charge in [-0.2, -0.15) is 0 Å². The molecule has 0 aliphatic rings. The lowest BCUT2D eigenvalue weighted by atomic mass is 10.0. The summed E-state index contributed by atoms with van der Waals surface area (Å²) in [6.45, 7) is 0.505. The van der Waals surface area contributed by atoms with Crippen LogP contribution in [0.1, 0.15) is 5.56 Å². The summed E-state index contributed by atoms with van der Waals surface area (Å²) in [5.74, 6) is 0.798. The van der Waals surface area contributed by atoms with Gasteiger partial charge >= 0.3 is 0 Å². The largest absolute Gasteiger partial charge is 0.496 e. The number of hydrogen-bond donors (Lipinski definition) is 1. The maximum atomic E-state index is 5.62. The molecule has 0 aliphatic heterocycles. The van der Waals surface area contributed by atoms with Gasteiger partial charge in [0, 0.05) is 30.1 Å². The van der Waals surface area contributed by atoms with Crippen LogP contribution in [0.2, 0.25) is 0 Å². The van der Waals surface area contributed by atoms with E-state index in [1.807, 2.05) is 18.2 Å². The van der Waals surface area contributed by atoms with Gasteiger partial charge in [-0.05, 0) is 17.7 Å². The van der Waals surface area contributed by atoms with E-state index in [0.717, 1.165) is 22.4 Å². The molecule has 0 bridgehead atoms. The Balaban J connectivity index is 2.53. The Labute approximate surface area is 94.1 Å². The van der Waals surface area contributed by atoms with Crippen molar-refractivity contribution in [2.75, 3.05) is 7.11 Å². The number of ether oxygens (including phenoxy) is 1. The molecule has 2 N–H and O–H groups in total. The number of rotatable bonds is 3. The Morgan fingerprint density at radius 3 is 2.62 bits per heavy atom. The molecule has 0 amide bonds. The summed E-state index contributed by atoms with van der Waals surface area (Å²) < 4.78 is 5.30. The van der Waals surface area contributed by atoms with Crippen LogP contribution in [0.3, 0.4) is 0 Å². The van der Waals surface area contributed by atoms with Crippen LogP contribution in [0.15, 0.2) is 36.9 Å². The highest BCUT2D eigenvalue weighted by atomic mass is 16.5. The molecule has 0 saturated heterocycles. The minimum Gasteiger partial charge on any atom is -0.496 e. The Hall–Kier alpha value is -1.94. The smallest absolute Gasteiger partial charge is 0.126 e. The zero-order valence-corrected chi connectivity index (χ0v) is 9.05. The second-order valence-electron chi connectivity index (χ2n) is 3.37. The topological polar surface area (TPSA) is 61.0 Å². The maximum absolute atomic E-state index is 5.62. The lowest BCUT2D eigenvalue weighted by Gasteiger charge is -2.09. The molecule has 0 saturated carbocycles. The van der Waals surface area contributed by atoms with Gasteiger partial charge in [0.2, 0.25) is 0 Å². The van der Waals surface area contributed by atoms with E-state index in [1.54, 1.807) is 19.5 Å². The van der Waals surface area contributed by atoms with Crippen molar-refractivity contribution in [1.29, 1.82) is 0 Å². The zero-order valence-electron chi connectivity index (χ0n) is 9.05. The predicted molar refractivity (Wildman–Crippen MR) is 61.9 cm³/mol. The summed E-state index contributed by atoms with van der Waals surface area (Å²) in [7, 11) is 1.64. The Morgan fingerprint density at radius 2 is 2.00 bits per heavy atom. The molecule has 1 aromatic heterocycles. The van der Waals surface area contributed by atoms with E-state index in [-0.39, 0.29) is 0 Å². The summed E-state index contributed by atoms with van der Waals surface area (Å²) in [5.41, 5.74) is 8.56. The molecule has 0 radical (unpaired) electrons. The van der Waals surface area contributed by atoms with Crippen molar-refractivity contribution < 1.29 is 4.74 Å². The fourth-order valence-electron chi connectivity index (χ4n) is 1.55. The van der Waals surface area contributed by atoms with Gasteiger partial charge in [-0.25, -0.2) is 9.97 Å². The van der Waals surface area contributed by atoms with Gasteiger partial charge in [0.25, 0.3) is 0 Å². The zero-order chi connectivity index (χ0) is 11.4. The highest BCUT2D eigenvalue weighted by molar-refractivity contribution is 5.69. The second kappa shape index (κ2) is 4.72. The summed E-state index contributed by atoms with van der Waals surface area (Å²) in [4.78, 5) is 7.99. The first kappa shape index (κ1) is 10.6. The van der Waals surface area contributed by atoms with Crippen LogP contribution >= 0.6 is 0 Å². The number of nitrogens with two attached hydrogens (primary N) is 1. The molecule has 1 heterocycles. The van der Waals surface area contributed by atoms with Gasteiger partial charge in [0.15, 0.2) is 0 Å². The molecule has 82 valence electrons. The highest BCUT2D eigenvalue weighted by Crippen LogP contribution is 2.29. The van der Waals surface area contributed by atoms with Crippen molar-refractivity contribution in [3.8, 4) is 16.9 Å². The number of methoxy groups -OCH3 is 1. The normalized spacial score (nSPS) is 10.1. The van der Waals surface area contributed by atoms with Crippen LogP contribution in [0.25, 0.3) is 11.1 Å². The summed E-state index contributed by atoms with van der Waals surface area (Å²) >= 11 is 0. The molecule has 2 aromatic rings. The van der Waals surface area contributed by atoms with E-state index in [4.69, 9.17) is 10.5 Å². The van der Waals surface area contributed by atoms with Gasteiger partial charge in [0.05, 0.1) is 7.11 Å². The first-order valence-corrected chi connectivity index (χ1v) is 4.97. The third-order valence-electron chi connectivity index (χ3n) is 2.37. The van der Waals surface area contributed by atoms with E-state index in [2.05, 4.69) is 9.97 Å². The molecular formula is C12H13N3O. The standard InChI is InChI=1S/C12H13N3O/c1-16-12-3-2-9(5-13)4-11(12)10-6-14-8-15-7-10/h2-4,6-8H,5,13H2,1H3. The van der Waals surface area contributed by atoms with Crippen LogP contribution < -0.4 is 10.5 Å². The SMILES string of the molecule is COc1ccc(CN)cc1-c1cncnc1. The monoisotopic (exact) mass is 215 g/mol. The van der Waals surface area contributed by atoms with Crippen molar-refractivity contribution >= 4 is 0 Å². The number of hydrogen-bond acceptors (Lipinski definition) is 4.